The summed E-state index contributed by atoms with van der Waals surface area (Å²) in [5.74, 6) is -0.773. The van der Waals surface area contributed by atoms with Gasteiger partial charge in [-0.1, -0.05) is 146 Å². The number of aliphatic hydroxyl groups is 3. The summed E-state index contributed by atoms with van der Waals surface area (Å²) in [5, 5.41) is 31.2. The van der Waals surface area contributed by atoms with Gasteiger partial charge in [0.2, 0.25) is 0 Å². The first-order valence-electron chi connectivity index (χ1n) is 24.6. The largest absolute Gasteiger partial charge is 0.481 e. The highest BCUT2D eigenvalue weighted by Crippen LogP contribution is 2.60. The van der Waals surface area contributed by atoms with Gasteiger partial charge in [-0.25, -0.2) is 13.9 Å². The second kappa shape index (κ2) is 35.7. The number of nitrogen functional groups attached to an aromatic ring is 1. The summed E-state index contributed by atoms with van der Waals surface area (Å²) in [6, 6.07) is 1.24. The molecular weight excluding hydrogens is 936 g/mol. The van der Waals surface area contributed by atoms with Crippen molar-refractivity contribution in [3.8, 4) is 0 Å². The van der Waals surface area contributed by atoms with E-state index in [1.807, 2.05) is 12.2 Å². The van der Waals surface area contributed by atoms with Gasteiger partial charge < -0.3 is 45.1 Å². The standard InChI is InChI=1S/C48H81N3O16P2/c1-4-5-6-7-8-9-10-11-12-16-19-22-25-29-39(52)30-27-32-43(53)62-35-40(65-44(54)31-26-23-20-17-14-13-15-18-21-24-28-38(2)3)36-63-68(58,59)67-69(60,61)64-37-41-45(55)46(56)47(66-41)51-34-33-42(49)50-48(51)57/h8-9,11-12,19,22,25,29,33-34,38-41,45-47,52,55-56H,4-7,10,13-18,20-21,23-24,26-28,30-32,35-37H2,1-3H3,(H,58,59)(H,60,61)(H2,49,50,57)/b9-8-,12-11-,22-19-,29-25+/t39-,40-,41-,45-,46-,47-/m1/s1. The number of esters is 2. The minimum Gasteiger partial charge on any atom is -0.462 e. The molecule has 0 amide bonds. The minimum atomic E-state index is -5.46. The molecule has 1 aliphatic heterocycles. The van der Waals surface area contributed by atoms with Gasteiger partial charge in [-0.05, 0) is 56.9 Å². The Kier molecular flexibility index (Phi) is 32.0. The third-order valence-corrected chi connectivity index (χ3v) is 13.6. The Bertz CT molecular complexity index is 1870. The lowest BCUT2D eigenvalue weighted by molar-refractivity contribution is -0.161. The molecule has 0 aromatic carbocycles. The number of anilines is 1. The van der Waals surface area contributed by atoms with Crippen LogP contribution in [0.25, 0.3) is 0 Å². The first-order valence-corrected chi connectivity index (χ1v) is 27.6. The number of hydrogen-bond donors (Lipinski definition) is 6. The summed E-state index contributed by atoms with van der Waals surface area (Å²) >= 11 is 0. The lowest BCUT2D eigenvalue weighted by atomic mass is 10.0. The van der Waals surface area contributed by atoms with Crippen LogP contribution in [0.4, 0.5) is 5.82 Å². The maximum Gasteiger partial charge on any atom is 0.481 e. The van der Waals surface area contributed by atoms with Crippen LogP contribution in [0.3, 0.4) is 0 Å². The van der Waals surface area contributed by atoms with Crippen molar-refractivity contribution in [2.24, 2.45) is 5.92 Å². The Labute approximate surface area is 408 Å². The number of nitrogens with zero attached hydrogens (tertiary/aromatic N) is 2. The molecule has 1 saturated heterocycles. The molecule has 7 N–H and O–H groups in total. The van der Waals surface area contributed by atoms with Gasteiger partial charge >= 0.3 is 33.3 Å². The van der Waals surface area contributed by atoms with Crippen molar-refractivity contribution in [1.29, 1.82) is 0 Å². The zero-order valence-electron chi connectivity index (χ0n) is 40.9. The Balaban J connectivity index is 1.86. The summed E-state index contributed by atoms with van der Waals surface area (Å²) in [4.78, 5) is 61.8. The number of carbonyl (C=O) groups is 2. The normalized spacial score (nSPS) is 20.3. The molecule has 8 atom stereocenters. The number of rotatable bonds is 39. The third kappa shape index (κ3) is 29.6. The highest BCUT2D eigenvalue weighted by molar-refractivity contribution is 7.61. The average Bonchev–Trinajstić information content (AvgIpc) is 3.56. The van der Waals surface area contributed by atoms with E-state index >= 15 is 0 Å². The second-order valence-corrected chi connectivity index (χ2v) is 20.7. The summed E-state index contributed by atoms with van der Waals surface area (Å²) in [5.41, 5.74) is 4.57. The van der Waals surface area contributed by atoms with Crippen molar-refractivity contribution in [3.05, 3.63) is 71.4 Å². The third-order valence-electron chi connectivity index (χ3n) is 10.9. The van der Waals surface area contributed by atoms with Crippen LogP contribution in [0.2, 0.25) is 0 Å². The zero-order chi connectivity index (χ0) is 50.9. The number of hydrogen-bond acceptors (Lipinski definition) is 16. The van der Waals surface area contributed by atoms with Crippen LogP contribution in [-0.2, 0) is 46.3 Å². The van der Waals surface area contributed by atoms with E-state index in [0.717, 1.165) is 61.6 Å². The molecule has 2 rings (SSSR count). The molecule has 0 aliphatic carbocycles. The van der Waals surface area contributed by atoms with Crippen LogP contribution >= 0.6 is 15.6 Å². The molecule has 1 fully saturated rings. The number of unbranched alkanes of at least 4 members (excludes halogenated alkanes) is 12. The molecule has 2 unspecified atom stereocenters. The fraction of sp³-hybridized carbons (Fsp3) is 0.708. The first kappa shape index (κ1) is 61.8. The Morgan fingerprint density at radius 2 is 1.42 bits per heavy atom. The molecule has 0 radical (unpaired) electrons. The van der Waals surface area contributed by atoms with Crippen molar-refractivity contribution in [2.45, 2.75) is 192 Å². The number of carbonyl (C=O) groups excluding carboxylic acids is 2. The van der Waals surface area contributed by atoms with E-state index in [1.54, 1.807) is 12.2 Å². The van der Waals surface area contributed by atoms with Gasteiger partial charge in [0.25, 0.3) is 0 Å². The molecule has 2 heterocycles. The molecule has 0 spiro atoms. The van der Waals surface area contributed by atoms with E-state index in [9.17, 15) is 48.6 Å². The minimum absolute atomic E-state index is 0.00946. The highest BCUT2D eigenvalue weighted by atomic mass is 31.3. The van der Waals surface area contributed by atoms with E-state index in [-0.39, 0.29) is 31.5 Å². The fourth-order valence-corrected chi connectivity index (χ4v) is 9.18. The summed E-state index contributed by atoms with van der Waals surface area (Å²) in [6.07, 6.45) is 26.7. The topological polar surface area (TPSA) is 286 Å². The fourth-order valence-electron chi connectivity index (χ4n) is 7.07. The number of aromatic nitrogens is 2. The molecule has 69 heavy (non-hydrogen) atoms. The van der Waals surface area contributed by atoms with Crippen LogP contribution in [0.5, 0.6) is 0 Å². The molecule has 394 valence electrons. The van der Waals surface area contributed by atoms with Crippen LogP contribution < -0.4 is 11.4 Å². The number of ether oxygens (including phenoxy) is 3. The second-order valence-electron chi connectivity index (χ2n) is 17.6. The van der Waals surface area contributed by atoms with Crippen molar-refractivity contribution >= 4 is 33.4 Å². The van der Waals surface area contributed by atoms with Crippen molar-refractivity contribution in [2.75, 3.05) is 25.6 Å². The number of nitrogens with two attached hydrogens (primary N) is 1. The first-order chi connectivity index (χ1) is 32.9. The molecule has 1 aromatic rings. The van der Waals surface area contributed by atoms with Crippen LogP contribution in [0.15, 0.2) is 65.7 Å². The van der Waals surface area contributed by atoms with Crippen LogP contribution in [-0.4, -0.2) is 96.9 Å². The maximum absolute atomic E-state index is 12.8. The molecule has 1 aromatic heterocycles. The highest BCUT2D eigenvalue weighted by Gasteiger charge is 2.46. The SMILES string of the molecule is CCCCC/C=C\C/C=C\C/C=C\C=C\[C@@H](O)CCCC(=O)OC[C@H](COP(=O)(O)OP(=O)(O)OC[C@H]1O[C@@H](n2ccc(N)nc2=O)[C@H](O)[C@@H]1O)OC(=O)CCCCCCCCCCCCC(C)C. The number of phosphoric acid groups is 2. The number of phosphoric ester groups is 2. The molecule has 0 saturated carbocycles. The number of allylic oxidation sites excluding steroid dienone is 7. The smallest absolute Gasteiger partial charge is 0.462 e. The molecule has 19 nitrogen and oxygen atoms in total. The van der Waals surface area contributed by atoms with E-state index in [4.69, 9.17) is 29.0 Å². The summed E-state index contributed by atoms with van der Waals surface area (Å²) in [7, 11) is -10.9. The van der Waals surface area contributed by atoms with E-state index in [1.165, 1.54) is 63.9 Å². The Morgan fingerprint density at radius 3 is 2.09 bits per heavy atom. The van der Waals surface area contributed by atoms with Gasteiger partial charge in [-0.2, -0.15) is 9.29 Å². The lowest BCUT2D eigenvalue weighted by Crippen LogP contribution is -2.36. The Morgan fingerprint density at radius 1 is 0.797 bits per heavy atom. The van der Waals surface area contributed by atoms with Crippen molar-refractivity contribution in [3.63, 3.8) is 0 Å². The summed E-state index contributed by atoms with van der Waals surface area (Å²) in [6.45, 7) is 4.20. The van der Waals surface area contributed by atoms with Gasteiger partial charge in [0.05, 0.1) is 19.3 Å². The van der Waals surface area contributed by atoms with E-state index in [2.05, 4.69) is 54.4 Å². The Hall–Kier alpha value is -3.32. The van der Waals surface area contributed by atoms with Crippen molar-refractivity contribution < 1.29 is 71.4 Å². The number of aliphatic hydroxyl groups excluding tert-OH is 3. The van der Waals surface area contributed by atoms with Crippen LogP contribution in [0, 0.1) is 5.92 Å². The van der Waals surface area contributed by atoms with Gasteiger partial charge in [-0.3, -0.25) is 23.2 Å². The van der Waals surface area contributed by atoms with Gasteiger partial charge in [-0.15, -0.1) is 0 Å². The van der Waals surface area contributed by atoms with Gasteiger partial charge in [0.15, 0.2) is 12.3 Å². The van der Waals surface area contributed by atoms with Crippen molar-refractivity contribution in [1.82, 2.24) is 9.55 Å². The molecule has 0 bridgehead atoms. The van der Waals surface area contributed by atoms with E-state index in [0.29, 0.717) is 6.42 Å². The van der Waals surface area contributed by atoms with E-state index < -0.39 is 89.8 Å². The molecular formula is C48H81N3O16P2. The molecule has 1 aliphatic rings. The average molecular weight is 1020 g/mol. The monoisotopic (exact) mass is 1020 g/mol. The summed E-state index contributed by atoms with van der Waals surface area (Å²) < 4.78 is 56.5. The predicted octanol–water partition coefficient (Wildman–Crippen LogP) is 8.60. The van der Waals surface area contributed by atoms with Crippen LogP contribution in [0.1, 0.15) is 162 Å². The molecule has 21 heteroatoms. The lowest BCUT2D eigenvalue weighted by Gasteiger charge is -2.21. The van der Waals surface area contributed by atoms with Gasteiger partial charge in [0, 0.05) is 19.0 Å². The van der Waals surface area contributed by atoms with Gasteiger partial charge in [0.1, 0.15) is 30.7 Å². The maximum atomic E-state index is 12.8. The quantitative estimate of drug-likeness (QED) is 0.0118. The zero-order valence-corrected chi connectivity index (χ0v) is 42.7. The predicted molar refractivity (Wildman–Crippen MR) is 262 cm³/mol.